The summed E-state index contributed by atoms with van der Waals surface area (Å²) in [6.07, 6.45) is -0.411. The number of H-pyrrole nitrogens is 1. The predicted octanol–water partition coefficient (Wildman–Crippen LogP) is 5.09. The average molecular weight is 325 g/mol. The molecule has 1 aliphatic heterocycles. The summed E-state index contributed by atoms with van der Waals surface area (Å²) >= 11 is 0. The van der Waals surface area contributed by atoms with Crippen molar-refractivity contribution in [2.24, 2.45) is 0 Å². The number of hydrogen-bond donors (Lipinski definition) is 1. The maximum Gasteiger partial charge on any atom is 0.339 e. The van der Waals surface area contributed by atoms with E-state index in [1.54, 1.807) is 0 Å². The first-order chi connectivity index (χ1) is 12.3. The first-order valence-electron chi connectivity index (χ1n) is 8.29. The monoisotopic (exact) mass is 325 g/mol. The zero-order valence-corrected chi connectivity index (χ0v) is 13.4. The van der Waals surface area contributed by atoms with Gasteiger partial charge in [0.1, 0.15) is 0 Å². The Kier molecular flexibility index (Phi) is 3.01. The number of nitrogens with one attached hydrogen (secondary N) is 1. The molecule has 3 heteroatoms. The molecule has 0 spiro atoms. The fraction of sp³-hybridized carbons (Fsp3) is 0.0455. The van der Waals surface area contributed by atoms with Gasteiger partial charge in [0.05, 0.1) is 11.3 Å². The highest BCUT2D eigenvalue weighted by molar-refractivity contribution is 6.00. The number of aromatic nitrogens is 1. The quantitative estimate of drug-likeness (QED) is 0.521. The van der Waals surface area contributed by atoms with E-state index >= 15 is 0 Å². The summed E-state index contributed by atoms with van der Waals surface area (Å²) in [5.41, 5.74) is 5.71. The van der Waals surface area contributed by atoms with Crippen LogP contribution in [0.25, 0.3) is 22.0 Å². The maximum atomic E-state index is 12.3. The molecule has 4 aromatic rings. The maximum absolute atomic E-state index is 12.3. The number of cyclic esters (lactones) is 1. The minimum Gasteiger partial charge on any atom is -0.447 e. The lowest BCUT2D eigenvalue weighted by molar-refractivity contribution is 0.0451. The van der Waals surface area contributed by atoms with Gasteiger partial charge < -0.3 is 9.72 Å². The van der Waals surface area contributed by atoms with Crippen molar-refractivity contribution in [2.45, 2.75) is 6.10 Å². The van der Waals surface area contributed by atoms with Crippen molar-refractivity contribution in [3.63, 3.8) is 0 Å². The number of esters is 1. The topological polar surface area (TPSA) is 42.1 Å². The van der Waals surface area contributed by atoms with E-state index < -0.39 is 6.10 Å². The average Bonchev–Trinajstić information content (AvgIpc) is 3.21. The highest BCUT2D eigenvalue weighted by Gasteiger charge is 2.34. The number of aromatic amines is 1. The Hall–Kier alpha value is -3.33. The van der Waals surface area contributed by atoms with Gasteiger partial charge in [0.15, 0.2) is 6.10 Å². The number of carbonyl (C=O) groups is 1. The molecule has 1 N–H and O–H groups in total. The second kappa shape index (κ2) is 5.35. The summed E-state index contributed by atoms with van der Waals surface area (Å²) in [4.78, 5) is 15.8. The molecule has 0 aliphatic carbocycles. The van der Waals surface area contributed by atoms with Crippen molar-refractivity contribution in [3.05, 3.63) is 95.7 Å². The lowest BCUT2D eigenvalue weighted by Gasteiger charge is -2.12. The van der Waals surface area contributed by atoms with Gasteiger partial charge in [-0.25, -0.2) is 4.79 Å². The molecule has 0 fully saturated rings. The summed E-state index contributed by atoms with van der Waals surface area (Å²) < 4.78 is 5.74. The molecule has 3 aromatic carbocycles. The van der Waals surface area contributed by atoms with Crippen LogP contribution in [0.5, 0.6) is 0 Å². The van der Waals surface area contributed by atoms with Crippen LogP contribution in [-0.4, -0.2) is 11.0 Å². The predicted molar refractivity (Wildman–Crippen MR) is 97.4 cm³/mol. The lowest BCUT2D eigenvalue weighted by atomic mass is 9.96. The molecule has 1 aromatic heterocycles. The Morgan fingerprint density at radius 1 is 0.800 bits per heavy atom. The minimum atomic E-state index is -0.411. The van der Waals surface area contributed by atoms with Crippen LogP contribution in [0.3, 0.4) is 0 Å². The molecule has 0 saturated carbocycles. The van der Waals surface area contributed by atoms with E-state index in [0.717, 1.165) is 33.3 Å². The van der Waals surface area contributed by atoms with Crippen LogP contribution in [0.4, 0.5) is 0 Å². The third-order valence-corrected chi connectivity index (χ3v) is 4.75. The third kappa shape index (κ3) is 2.09. The number of benzene rings is 3. The molecule has 2 heterocycles. The SMILES string of the molecule is O=C1OC(c2[nH]c3ccccc3c2-c2ccccc2)c2ccccc21. The number of fused-ring (bicyclic) bond motifs is 2. The van der Waals surface area contributed by atoms with E-state index in [1.807, 2.05) is 60.7 Å². The zero-order chi connectivity index (χ0) is 16.8. The van der Waals surface area contributed by atoms with Gasteiger partial charge >= 0.3 is 5.97 Å². The van der Waals surface area contributed by atoms with Gasteiger partial charge in [-0.3, -0.25) is 0 Å². The van der Waals surface area contributed by atoms with E-state index in [9.17, 15) is 4.79 Å². The van der Waals surface area contributed by atoms with Crippen LogP contribution in [-0.2, 0) is 4.74 Å². The van der Waals surface area contributed by atoms with Crippen LogP contribution < -0.4 is 0 Å². The van der Waals surface area contributed by atoms with Gasteiger partial charge in [-0.2, -0.15) is 0 Å². The fourth-order valence-corrected chi connectivity index (χ4v) is 3.64. The van der Waals surface area contributed by atoms with E-state index in [2.05, 4.69) is 23.2 Å². The van der Waals surface area contributed by atoms with Crippen LogP contribution in [0.1, 0.15) is 27.7 Å². The normalized spacial score (nSPS) is 16.0. The van der Waals surface area contributed by atoms with Crippen LogP contribution in [0, 0.1) is 0 Å². The van der Waals surface area contributed by atoms with Gasteiger partial charge in [-0.1, -0.05) is 66.7 Å². The number of carbonyl (C=O) groups excluding carboxylic acids is 1. The molecule has 1 aliphatic rings. The summed E-state index contributed by atoms with van der Waals surface area (Å²) in [6, 6.07) is 26.0. The second-order valence-electron chi connectivity index (χ2n) is 6.20. The molecule has 1 unspecified atom stereocenters. The van der Waals surface area contributed by atoms with Gasteiger partial charge in [0.25, 0.3) is 0 Å². The van der Waals surface area contributed by atoms with Crippen LogP contribution >= 0.6 is 0 Å². The van der Waals surface area contributed by atoms with Crippen molar-refractivity contribution in [2.75, 3.05) is 0 Å². The second-order valence-corrected chi connectivity index (χ2v) is 6.20. The van der Waals surface area contributed by atoms with Crippen LogP contribution in [0.2, 0.25) is 0 Å². The van der Waals surface area contributed by atoms with E-state index in [0.29, 0.717) is 5.56 Å². The van der Waals surface area contributed by atoms with Crippen molar-refractivity contribution in [1.82, 2.24) is 4.98 Å². The van der Waals surface area contributed by atoms with Crippen molar-refractivity contribution < 1.29 is 9.53 Å². The fourth-order valence-electron chi connectivity index (χ4n) is 3.64. The van der Waals surface area contributed by atoms with Gasteiger partial charge in [0.2, 0.25) is 0 Å². The van der Waals surface area contributed by atoms with Gasteiger partial charge in [0, 0.05) is 22.0 Å². The van der Waals surface area contributed by atoms with E-state index in [4.69, 9.17) is 4.74 Å². The van der Waals surface area contributed by atoms with Gasteiger partial charge in [-0.05, 0) is 17.7 Å². The Morgan fingerprint density at radius 3 is 2.40 bits per heavy atom. The Bertz CT molecular complexity index is 1100. The lowest BCUT2D eigenvalue weighted by Crippen LogP contribution is -2.02. The summed E-state index contributed by atoms with van der Waals surface area (Å²) in [6.45, 7) is 0. The van der Waals surface area contributed by atoms with Gasteiger partial charge in [-0.15, -0.1) is 0 Å². The largest absolute Gasteiger partial charge is 0.447 e. The molecule has 25 heavy (non-hydrogen) atoms. The van der Waals surface area contributed by atoms with Crippen molar-refractivity contribution in [3.8, 4) is 11.1 Å². The first-order valence-corrected chi connectivity index (χ1v) is 8.29. The van der Waals surface area contributed by atoms with Crippen molar-refractivity contribution >= 4 is 16.9 Å². The van der Waals surface area contributed by atoms with Crippen molar-refractivity contribution in [1.29, 1.82) is 0 Å². The Labute approximate surface area is 144 Å². The van der Waals surface area contributed by atoms with Crippen LogP contribution in [0.15, 0.2) is 78.9 Å². The highest BCUT2D eigenvalue weighted by Crippen LogP contribution is 2.42. The first kappa shape index (κ1) is 14.1. The van der Waals surface area contributed by atoms with E-state index in [-0.39, 0.29) is 5.97 Å². The third-order valence-electron chi connectivity index (χ3n) is 4.75. The highest BCUT2D eigenvalue weighted by atomic mass is 16.5. The molecule has 5 rings (SSSR count). The molecule has 3 nitrogen and oxygen atoms in total. The molecule has 0 radical (unpaired) electrons. The zero-order valence-electron chi connectivity index (χ0n) is 13.4. The molecule has 1 atom stereocenters. The molecular weight excluding hydrogens is 310 g/mol. The molecule has 0 saturated heterocycles. The summed E-state index contributed by atoms with van der Waals surface area (Å²) in [5.74, 6) is -0.265. The molecule has 120 valence electrons. The minimum absolute atomic E-state index is 0.265. The smallest absolute Gasteiger partial charge is 0.339 e. The number of rotatable bonds is 2. The standard InChI is InChI=1S/C22H15NO2/c24-22-16-11-5-4-10-15(16)21(25-22)20-19(14-8-2-1-3-9-14)17-12-6-7-13-18(17)23-20/h1-13,21,23H. The summed E-state index contributed by atoms with van der Waals surface area (Å²) in [7, 11) is 0. The number of ether oxygens (including phenoxy) is 1. The summed E-state index contributed by atoms with van der Waals surface area (Å²) in [5, 5.41) is 1.13. The molecular formula is C22H15NO2. The Balaban J connectivity index is 1.79. The molecule has 0 amide bonds. The number of para-hydroxylation sites is 1. The molecule has 0 bridgehead atoms. The Morgan fingerprint density at radius 2 is 1.52 bits per heavy atom. The van der Waals surface area contributed by atoms with E-state index in [1.165, 1.54) is 0 Å². The number of hydrogen-bond acceptors (Lipinski definition) is 2.